The number of aliphatic hydroxyl groups is 1. The molecule has 0 spiro atoms. The Kier molecular flexibility index (Phi) is 4.30. The predicted molar refractivity (Wildman–Crippen MR) is 79.5 cm³/mol. The molecule has 3 nitrogen and oxygen atoms in total. The van der Waals surface area contributed by atoms with E-state index in [1.54, 1.807) is 20.3 Å². The van der Waals surface area contributed by atoms with Crippen LogP contribution >= 0.6 is 0 Å². The minimum absolute atomic E-state index is 0.623. The molecule has 3 heteroatoms. The number of rotatable bonds is 4. The molecule has 0 heterocycles. The zero-order valence-electron chi connectivity index (χ0n) is 12.3. The number of hydrogen-bond donors (Lipinski definition) is 1. The molecule has 1 unspecified atom stereocenters. The van der Waals surface area contributed by atoms with E-state index in [0.717, 1.165) is 22.3 Å². The molecule has 0 aliphatic heterocycles. The predicted octanol–water partition coefficient (Wildman–Crippen LogP) is 3.40. The normalized spacial score (nSPS) is 12.1. The second kappa shape index (κ2) is 5.97. The minimum Gasteiger partial charge on any atom is -0.497 e. The number of benzene rings is 2. The summed E-state index contributed by atoms with van der Waals surface area (Å²) in [5, 5.41) is 10.7. The third kappa shape index (κ3) is 2.78. The van der Waals surface area contributed by atoms with Gasteiger partial charge in [-0.1, -0.05) is 23.8 Å². The van der Waals surface area contributed by atoms with E-state index in [0.29, 0.717) is 11.5 Å². The van der Waals surface area contributed by atoms with Gasteiger partial charge in [0.1, 0.15) is 17.6 Å². The summed E-state index contributed by atoms with van der Waals surface area (Å²) in [7, 11) is 3.20. The summed E-state index contributed by atoms with van der Waals surface area (Å²) < 4.78 is 10.5. The van der Waals surface area contributed by atoms with Crippen LogP contribution in [-0.4, -0.2) is 19.3 Å². The lowest BCUT2D eigenvalue weighted by atomic mass is 9.95. The van der Waals surface area contributed by atoms with E-state index in [1.807, 2.05) is 44.2 Å². The van der Waals surface area contributed by atoms with Gasteiger partial charge in [0.2, 0.25) is 0 Å². The number of hydrogen-bond acceptors (Lipinski definition) is 3. The molecule has 1 N–H and O–H groups in total. The van der Waals surface area contributed by atoms with Crippen molar-refractivity contribution in [3.8, 4) is 11.5 Å². The summed E-state index contributed by atoms with van der Waals surface area (Å²) in [4.78, 5) is 0. The van der Waals surface area contributed by atoms with Crippen molar-refractivity contribution in [2.24, 2.45) is 0 Å². The van der Waals surface area contributed by atoms with Crippen molar-refractivity contribution in [1.82, 2.24) is 0 Å². The third-order valence-corrected chi connectivity index (χ3v) is 3.46. The average Bonchev–Trinajstić information content (AvgIpc) is 2.48. The molecule has 0 aliphatic carbocycles. The highest BCUT2D eigenvalue weighted by atomic mass is 16.5. The summed E-state index contributed by atoms with van der Waals surface area (Å²) in [5.41, 5.74) is 3.81. The first-order valence-corrected chi connectivity index (χ1v) is 6.54. The first-order chi connectivity index (χ1) is 9.56. The molecule has 2 aromatic rings. The van der Waals surface area contributed by atoms with E-state index in [9.17, 15) is 5.11 Å². The van der Waals surface area contributed by atoms with Gasteiger partial charge in [0.05, 0.1) is 14.2 Å². The van der Waals surface area contributed by atoms with Crippen molar-refractivity contribution in [2.45, 2.75) is 20.0 Å². The highest BCUT2D eigenvalue weighted by Crippen LogP contribution is 2.34. The third-order valence-electron chi connectivity index (χ3n) is 3.46. The van der Waals surface area contributed by atoms with Crippen molar-refractivity contribution in [3.63, 3.8) is 0 Å². The molecule has 0 radical (unpaired) electrons. The van der Waals surface area contributed by atoms with Crippen LogP contribution in [0.3, 0.4) is 0 Å². The molecule has 0 aromatic heterocycles. The standard InChI is InChI=1S/C17H20O3/c1-11-5-6-12(2)15(9-11)17(18)14-8-7-13(19-3)10-16(14)20-4/h5-10,17-18H,1-4H3. The van der Waals surface area contributed by atoms with Gasteiger partial charge in [-0.2, -0.15) is 0 Å². The van der Waals surface area contributed by atoms with E-state index >= 15 is 0 Å². The van der Waals surface area contributed by atoms with Crippen molar-refractivity contribution in [2.75, 3.05) is 14.2 Å². The molecule has 0 saturated carbocycles. The number of methoxy groups -OCH3 is 2. The van der Waals surface area contributed by atoms with Gasteiger partial charge in [0.15, 0.2) is 0 Å². The zero-order valence-corrected chi connectivity index (χ0v) is 12.3. The van der Waals surface area contributed by atoms with Gasteiger partial charge in [-0.25, -0.2) is 0 Å². The van der Waals surface area contributed by atoms with Gasteiger partial charge in [-0.15, -0.1) is 0 Å². The lowest BCUT2D eigenvalue weighted by molar-refractivity contribution is 0.213. The Balaban J connectivity index is 2.47. The molecule has 106 valence electrons. The maximum atomic E-state index is 10.7. The van der Waals surface area contributed by atoms with Crippen molar-refractivity contribution in [3.05, 3.63) is 58.7 Å². The number of ether oxygens (including phenoxy) is 2. The lowest BCUT2D eigenvalue weighted by Crippen LogP contribution is -2.05. The Hall–Kier alpha value is -2.00. The highest BCUT2D eigenvalue weighted by Gasteiger charge is 2.18. The molecule has 0 fully saturated rings. The Morgan fingerprint density at radius 3 is 2.30 bits per heavy atom. The SMILES string of the molecule is COc1ccc(C(O)c2cc(C)ccc2C)c(OC)c1. The van der Waals surface area contributed by atoms with Gasteiger partial charge in [-0.3, -0.25) is 0 Å². The van der Waals surface area contributed by atoms with Crippen molar-refractivity contribution in [1.29, 1.82) is 0 Å². The largest absolute Gasteiger partial charge is 0.497 e. The van der Waals surface area contributed by atoms with Crippen LogP contribution in [0.5, 0.6) is 11.5 Å². The van der Waals surface area contributed by atoms with Crippen LogP contribution in [0.15, 0.2) is 36.4 Å². The topological polar surface area (TPSA) is 38.7 Å². The Bertz CT molecular complexity index is 605. The quantitative estimate of drug-likeness (QED) is 0.927. The van der Waals surface area contributed by atoms with E-state index in [4.69, 9.17) is 9.47 Å². The number of aliphatic hydroxyl groups excluding tert-OH is 1. The van der Waals surface area contributed by atoms with Crippen LogP contribution < -0.4 is 9.47 Å². The lowest BCUT2D eigenvalue weighted by Gasteiger charge is -2.18. The highest BCUT2D eigenvalue weighted by molar-refractivity contribution is 5.47. The monoisotopic (exact) mass is 272 g/mol. The van der Waals surface area contributed by atoms with Gasteiger partial charge >= 0.3 is 0 Å². The second-order valence-corrected chi connectivity index (χ2v) is 4.87. The molecule has 0 amide bonds. The van der Waals surface area contributed by atoms with Crippen LogP contribution in [0.4, 0.5) is 0 Å². The van der Waals surface area contributed by atoms with Gasteiger partial charge in [-0.05, 0) is 37.1 Å². The van der Waals surface area contributed by atoms with Crippen LogP contribution in [0.2, 0.25) is 0 Å². The zero-order chi connectivity index (χ0) is 14.7. The van der Waals surface area contributed by atoms with Crippen LogP contribution in [-0.2, 0) is 0 Å². The Labute approximate surface area is 119 Å². The van der Waals surface area contributed by atoms with Crippen LogP contribution in [0.25, 0.3) is 0 Å². The second-order valence-electron chi connectivity index (χ2n) is 4.87. The fraction of sp³-hybridized carbons (Fsp3) is 0.294. The van der Waals surface area contributed by atoms with Gasteiger partial charge < -0.3 is 14.6 Å². The molecular weight excluding hydrogens is 252 g/mol. The maximum Gasteiger partial charge on any atom is 0.128 e. The van der Waals surface area contributed by atoms with Gasteiger partial charge in [0, 0.05) is 11.6 Å². The van der Waals surface area contributed by atoms with E-state index in [2.05, 4.69) is 0 Å². The summed E-state index contributed by atoms with van der Waals surface area (Å²) in [6, 6.07) is 11.5. The molecule has 2 aromatic carbocycles. The summed E-state index contributed by atoms with van der Waals surface area (Å²) in [6.45, 7) is 4.01. The summed E-state index contributed by atoms with van der Waals surface area (Å²) >= 11 is 0. The van der Waals surface area contributed by atoms with Crippen LogP contribution in [0.1, 0.15) is 28.4 Å². The Morgan fingerprint density at radius 2 is 1.65 bits per heavy atom. The van der Waals surface area contributed by atoms with Crippen LogP contribution in [0, 0.1) is 13.8 Å². The summed E-state index contributed by atoms with van der Waals surface area (Å²) in [6.07, 6.45) is -0.712. The summed E-state index contributed by atoms with van der Waals surface area (Å²) in [5.74, 6) is 1.33. The van der Waals surface area contributed by atoms with Crippen molar-refractivity contribution < 1.29 is 14.6 Å². The smallest absolute Gasteiger partial charge is 0.128 e. The molecule has 20 heavy (non-hydrogen) atoms. The fourth-order valence-electron chi connectivity index (χ4n) is 2.27. The fourth-order valence-corrected chi connectivity index (χ4v) is 2.27. The van der Waals surface area contributed by atoms with E-state index < -0.39 is 6.10 Å². The maximum absolute atomic E-state index is 10.7. The Morgan fingerprint density at radius 1 is 0.900 bits per heavy atom. The van der Waals surface area contributed by atoms with Gasteiger partial charge in [0.25, 0.3) is 0 Å². The molecule has 1 atom stereocenters. The van der Waals surface area contributed by atoms with E-state index in [1.165, 1.54) is 0 Å². The molecule has 0 aliphatic rings. The molecule has 2 rings (SSSR count). The number of aryl methyl sites for hydroxylation is 2. The first kappa shape index (κ1) is 14.4. The molecule has 0 bridgehead atoms. The average molecular weight is 272 g/mol. The molecule has 0 saturated heterocycles. The van der Waals surface area contributed by atoms with Crippen molar-refractivity contribution >= 4 is 0 Å². The minimum atomic E-state index is -0.712. The van der Waals surface area contributed by atoms with E-state index in [-0.39, 0.29) is 0 Å². The molecular formula is C17H20O3. The first-order valence-electron chi connectivity index (χ1n) is 6.54.